The minimum atomic E-state index is -0.705. The van der Waals surface area contributed by atoms with E-state index < -0.39 is 11.9 Å². The standard InChI is InChI=1S/C19H23ClFN5O3/c1-25-11(4-10-5-14(10)25)8-29-19-23-16-13(6-22-17(20)15(16)21)18(24-19)26-2-3-28-9-12(27)7-26/h6,10-12,14,27H,2-5,7-9H2,1H3/t10-,11-,12?,14+/m0/s1. The second-order valence-corrected chi connectivity index (χ2v) is 8.42. The molecule has 29 heavy (non-hydrogen) atoms. The van der Waals surface area contributed by atoms with Crippen LogP contribution in [0.4, 0.5) is 10.2 Å². The second kappa shape index (κ2) is 7.46. The predicted octanol–water partition coefficient (Wildman–Crippen LogP) is 1.49. The molecule has 5 rings (SSSR count). The number of aliphatic hydroxyl groups is 1. The van der Waals surface area contributed by atoms with E-state index in [2.05, 4.69) is 26.9 Å². The molecule has 1 unspecified atom stereocenters. The summed E-state index contributed by atoms with van der Waals surface area (Å²) in [6.07, 6.45) is 3.15. The summed E-state index contributed by atoms with van der Waals surface area (Å²) in [6, 6.07) is 1.07. The lowest BCUT2D eigenvalue weighted by atomic mass is 10.2. The van der Waals surface area contributed by atoms with Crippen molar-refractivity contribution < 1.29 is 19.0 Å². The Bertz CT molecular complexity index is 934. The maximum absolute atomic E-state index is 14.7. The predicted molar refractivity (Wildman–Crippen MR) is 105 cm³/mol. The van der Waals surface area contributed by atoms with E-state index >= 15 is 0 Å². The number of likely N-dealkylation sites (tertiary alicyclic amines) is 1. The molecule has 2 aromatic heterocycles. The van der Waals surface area contributed by atoms with Gasteiger partial charge < -0.3 is 19.5 Å². The number of fused-ring (bicyclic) bond motifs is 2. The Morgan fingerprint density at radius 3 is 3.03 bits per heavy atom. The van der Waals surface area contributed by atoms with Gasteiger partial charge in [0, 0.05) is 31.4 Å². The first-order chi connectivity index (χ1) is 14.0. The van der Waals surface area contributed by atoms with Crippen LogP contribution in [0.15, 0.2) is 6.20 Å². The first-order valence-corrected chi connectivity index (χ1v) is 10.3. The number of piperidine rings is 1. The summed E-state index contributed by atoms with van der Waals surface area (Å²) in [7, 11) is 2.11. The quantitative estimate of drug-likeness (QED) is 0.740. The molecule has 0 amide bonds. The van der Waals surface area contributed by atoms with Crippen molar-refractivity contribution in [2.45, 2.75) is 31.0 Å². The zero-order chi connectivity index (χ0) is 20.1. The summed E-state index contributed by atoms with van der Waals surface area (Å²) < 4.78 is 26.0. The Morgan fingerprint density at radius 1 is 1.38 bits per heavy atom. The zero-order valence-corrected chi connectivity index (χ0v) is 16.8. The average Bonchev–Trinajstić information content (AvgIpc) is 3.45. The van der Waals surface area contributed by atoms with Gasteiger partial charge in [-0.2, -0.15) is 9.97 Å². The van der Waals surface area contributed by atoms with E-state index in [9.17, 15) is 9.50 Å². The number of halogens is 2. The Balaban J connectivity index is 1.47. The Hall–Kier alpha value is -1.81. The fraction of sp³-hybridized carbons (Fsp3) is 0.632. The van der Waals surface area contributed by atoms with Crippen molar-refractivity contribution in [3.05, 3.63) is 17.2 Å². The highest BCUT2D eigenvalue weighted by molar-refractivity contribution is 6.30. The summed E-state index contributed by atoms with van der Waals surface area (Å²) in [5.41, 5.74) is 0.0623. The van der Waals surface area contributed by atoms with E-state index in [1.54, 1.807) is 0 Å². The molecular formula is C19H23ClFN5O3. The van der Waals surface area contributed by atoms with E-state index in [0.29, 0.717) is 49.6 Å². The van der Waals surface area contributed by atoms with Gasteiger partial charge in [-0.15, -0.1) is 0 Å². The summed E-state index contributed by atoms with van der Waals surface area (Å²) in [5.74, 6) is 0.520. The minimum Gasteiger partial charge on any atom is -0.462 e. The van der Waals surface area contributed by atoms with Gasteiger partial charge in [-0.25, -0.2) is 9.37 Å². The minimum absolute atomic E-state index is 0.0623. The molecule has 1 saturated carbocycles. The number of ether oxygens (including phenoxy) is 2. The van der Waals surface area contributed by atoms with E-state index in [1.807, 2.05) is 4.90 Å². The molecule has 0 aromatic carbocycles. The number of β-amino-alcohol motifs (C(OH)–C–C–N with tert-alkyl or cyclic N) is 1. The zero-order valence-electron chi connectivity index (χ0n) is 16.1. The third-order valence-electron chi connectivity index (χ3n) is 6.11. The molecule has 1 aliphatic carbocycles. The van der Waals surface area contributed by atoms with Crippen LogP contribution in [0.3, 0.4) is 0 Å². The SMILES string of the molecule is CN1[C@H](COc2nc(N3CCOCC(O)C3)c3cnc(Cl)c(F)c3n2)C[C@H]2C[C@H]21. The molecule has 3 fully saturated rings. The number of pyridine rings is 1. The number of anilines is 1. The van der Waals surface area contributed by atoms with Gasteiger partial charge in [0.1, 0.15) is 17.9 Å². The second-order valence-electron chi connectivity index (χ2n) is 8.06. The molecule has 4 heterocycles. The number of likely N-dealkylation sites (N-methyl/N-ethyl adjacent to an activating group) is 1. The average molecular weight is 424 g/mol. The topological polar surface area (TPSA) is 83.8 Å². The van der Waals surface area contributed by atoms with Gasteiger partial charge in [0.25, 0.3) is 0 Å². The first-order valence-electron chi connectivity index (χ1n) is 9.88. The summed E-state index contributed by atoms with van der Waals surface area (Å²) in [6.45, 7) is 1.93. The lowest BCUT2D eigenvalue weighted by Gasteiger charge is -2.25. The molecule has 2 aliphatic heterocycles. The van der Waals surface area contributed by atoms with E-state index in [-0.39, 0.29) is 23.3 Å². The maximum Gasteiger partial charge on any atom is 0.319 e. The van der Waals surface area contributed by atoms with Gasteiger partial charge in [0.2, 0.25) is 0 Å². The van der Waals surface area contributed by atoms with Crippen molar-refractivity contribution in [1.82, 2.24) is 19.9 Å². The molecule has 4 atom stereocenters. The van der Waals surface area contributed by atoms with Crippen LogP contribution in [-0.4, -0.2) is 83.1 Å². The van der Waals surface area contributed by atoms with E-state index in [0.717, 1.165) is 12.3 Å². The number of hydrogen-bond acceptors (Lipinski definition) is 8. The molecule has 1 N–H and O–H groups in total. The van der Waals surface area contributed by atoms with Crippen LogP contribution < -0.4 is 9.64 Å². The fourth-order valence-electron chi connectivity index (χ4n) is 4.42. The molecule has 0 bridgehead atoms. The molecule has 8 nitrogen and oxygen atoms in total. The molecule has 10 heteroatoms. The fourth-order valence-corrected chi connectivity index (χ4v) is 4.55. The number of aromatic nitrogens is 3. The molecule has 2 saturated heterocycles. The van der Waals surface area contributed by atoms with Gasteiger partial charge in [0.15, 0.2) is 11.0 Å². The third kappa shape index (κ3) is 3.61. The highest BCUT2D eigenvalue weighted by Crippen LogP contribution is 2.46. The number of nitrogens with zero attached hydrogens (tertiary/aromatic N) is 5. The Labute approximate surface area is 172 Å². The van der Waals surface area contributed by atoms with Crippen molar-refractivity contribution in [2.24, 2.45) is 5.92 Å². The van der Waals surface area contributed by atoms with Gasteiger partial charge in [-0.1, -0.05) is 11.6 Å². The van der Waals surface area contributed by atoms with Crippen LogP contribution in [-0.2, 0) is 4.74 Å². The van der Waals surface area contributed by atoms with Crippen LogP contribution in [0.5, 0.6) is 6.01 Å². The lowest BCUT2D eigenvalue weighted by Crippen LogP contribution is -2.35. The number of aliphatic hydroxyl groups excluding tert-OH is 1. The normalized spacial score (nSPS) is 29.7. The molecule has 156 valence electrons. The van der Waals surface area contributed by atoms with E-state index in [1.165, 1.54) is 12.6 Å². The smallest absolute Gasteiger partial charge is 0.319 e. The Morgan fingerprint density at radius 2 is 2.24 bits per heavy atom. The van der Waals surface area contributed by atoms with Crippen molar-refractivity contribution in [3.8, 4) is 6.01 Å². The number of rotatable bonds is 4. The monoisotopic (exact) mass is 423 g/mol. The van der Waals surface area contributed by atoms with E-state index in [4.69, 9.17) is 21.1 Å². The first kappa shape index (κ1) is 19.2. The van der Waals surface area contributed by atoms with Crippen LogP contribution in [0.2, 0.25) is 5.15 Å². The van der Waals surface area contributed by atoms with Gasteiger partial charge >= 0.3 is 6.01 Å². The molecule has 0 radical (unpaired) electrons. The lowest BCUT2D eigenvalue weighted by molar-refractivity contribution is 0.0597. The van der Waals surface area contributed by atoms with Crippen LogP contribution >= 0.6 is 11.6 Å². The number of hydrogen-bond donors (Lipinski definition) is 1. The molecule has 0 spiro atoms. The van der Waals surface area contributed by atoms with Gasteiger partial charge in [-0.05, 0) is 25.8 Å². The van der Waals surface area contributed by atoms with Crippen LogP contribution in [0.25, 0.3) is 10.9 Å². The molecular weight excluding hydrogens is 401 g/mol. The van der Waals surface area contributed by atoms with Crippen molar-refractivity contribution in [1.29, 1.82) is 0 Å². The third-order valence-corrected chi connectivity index (χ3v) is 6.37. The van der Waals surface area contributed by atoms with Gasteiger partial charge in [0.05, 0.1) is 24.7 Å². The highest BCUT2D eigenvalue weighted by Gasteiger charge is 2.50. The largest absolute Gasteiger partial charge is 0.462 e. The van der Waals surface area contributed by atoms with Crippen molar-refractivity contribution in [2.75, 3.05) is 44.9 Å². The Kier molecular flexibility index (Phi) is 4.93. The van der Waals surface area contributed by atoms with Crippen molar-refractivity contribution >= 4 is 28.3 Å². The highest BCUT2D eigenvalue weighted by atomic mass is 35.5. The van der Waals surface area contributed by atoms with Crippen LogP contribution in [0, 0.1) is 11.7 Å². The molecule has 2 aromatic rings. The molecule has 3 aliphatic rings. The summed E-state index contributed by atoms with van der Waals surface area (Å²) >= 11 is 5.88. The van der Waals surface area contributed by atoms with Crippen LogP contribution in [0.1, 0.15) is 12.8 Å². The summed E-state index contributed by atoms with van der Waals surface area (Å²) in [4.78, 5) is 16.9. The maximum atomic E-state index is 14.7. The van der Waals surface area contributed by atoms with Crippen molar-refractivity contribution in [3.63, 3.8) is 0 Å². The van der Waals surface area contributed by atoms with Gasteiger partial charge in [-0.3, -0.25) is 4.90 Å². The summed E-state index contributed by atoms with van der Waals surface area (Å²) in [5, 5.41) is 10.3.